The fourth-order valence-corrected chi connectivity index (χ4v) is 1.42. The highest BCUT2D eigenvalue weighted by Crippen LogP contribution is 2.08. The van der Waals surface area contributed by atoms with E-state index in [-0.39, 0.29) is 12.3 Å². The van der Waals surface area contributed by atoms with Crippen molar-refractivity contribution in [1.29, 1.82) is 0 Å². The molecular formula is C10H20N2O2. The number of hydrogen-bond acceptors (Lipinski definition) is 3. The first-order valence-electron chi connectivity index (χ1n) is 5.20. The summed E-state index contributed by atoms with van der Waals surface area (Å²) < 4.78 is 5.15. The van der Waals surface area contributed by atoms with Gasteiger partial charge >= 0.3 is 6.09 Å². The van der Waals surface area contributed by atoms with Crippen LogP contribution in [0.3, 0.4) is 0 Å². The molecule has 1 amide bonds. The molecule has 0 unspecified atom stereocenters. The van der Waals surface area contributed by atoms with E-state index in [2.05, 4.69) is 10.6 Å². The average molecular weight is 200 g/mol. The zero-order valence-electron chi connectivity index (χ0n) is 9.22. The summed E-state index contributed by atoms with van der Waals surface area (Å²) in [4.78, 5) is 11.4. The number of carbonyl (C=O) groups excluding carboxylic acids is 1. The quantitative estimate of drug-likeness (QED) is 0.676. The van der Waals surface area contributed by atoms with E-state index < -0.39 is 5.60 Å². The fraction of sp³-hybridized carbons (Fsp3) is 0.900. The first kappa shape index (κ1) is 11.3. The molecule has 82 valence electrons. The third-order valence-electron chi connectivity index (χ3n) is 2.00. The normalized spacial score (nSPS) is 22.9. The van der Waals surface area contributed by atoms with Gasteiger partial charge in [0.15, 0.2) is 0 Å². The van der Waals surface area contributed by atoms with E-state index in [4.69, 9.17) is 4.74 Å². The molecule has 4 nitrogen and oxygen atoms in total. The van der Waals surface area contributed by atoms with Crippen LogP contribution in [0.2, 0.25) is 0 Å². The molecule has 0 aromatic rings. The summed E-state index contributed by atoms with van der Waals surface area (Å²) >= 11 is 0. The van der Waals surface area contributed by atoms with Gasteiger partial charge in [-0.3, -0.25) is 5.32 Å². The zero-order chi connectivity index (χ0) is 10.6. The molecule has 1 aliphatic heterocycles. The first-order chi connectivity index (χ1) is 6.47. The SMILES string of the molecule is CC(C)(C)OC(=O)N[C@@H]1CCCCN1. The van der Waals surface area contributed by atoms with Crippen LogP contribution in [0.4, 0.5) is 4.79 Å². The van der Waals surface area contributed by atoms with Gasteiger partial charge in [-0.1, -0.05) is 0 Å². The monoisotopic (exact) mass is 200 g/mol. The van der Waals surface area contributed by atoms with E-state index in [1.54, 1.807) is 0 Å². The molecule has 0 bridgehead atoms. The minimum absolute atomic E-state index is 0.0820. The van der Waals surface area contributed by atoms with Gasteiger partial charge in [0.25, 0.3) is 0 Å². The standard InChI is InChI=1S/C10H20N2O2/c1-10(2,3)14-9(13)12-8-6-4-5-7-11-8/h8,11H,4-7H2,1-3H3,(H,12,13)/t8-/m1/s1. The van der Waals surface area contributed by atoms with Crippen molar-refractivity contribution in [3.8, 4) is 0 Å². The summed E-state index contributed by atoms with van der Waals surface area (Å²) in [6.45, 7) is 6.56. The maximum atomic E-state index is 11.4. The molecule has 1 rings (SSSR count). The molecule has 0 aliphatic carbocycles. The smallest absolute Gasteiger partial charge is 0.408 e. The summed E-state index contributed by atoms with van der Waals surface area (Å²) in [5.41, 5.74) is -0.418. The lowest BCUT2D eigenvalue weighted by molar-refractivity contribution is 0.0485. The van der Waals surface area contributed by atoms with E-state index in [1.807, 2.05) is 20.8 Å². The Hall–Kier alpha value is -0.770. The van der Waals surface area contributed by atoms with Gasteiger partial charge in [-0.05, 0) is 46.6 Å². The van der Waals surface area contributed by atoms with E-state index in [0.717, 1.165) is 19.4 Å². The van der Waals surface area contributed by atoms with Gasteiger partial charge in [0.05, 0.1) is 6.17 Å². The third kappa shape index (κ3) is 4.46. The number of hydrogen-bond donors (Lipinski definition) is 2. The highest BCUT2D eigenvalue weighted by atomic mass is 16.6. The summed E-state index contributed by atoms with van der Waals surface area (Å²) in [7, 11) is 0. The second kappa shape index (κ2) is 4.64. The average Bonchev–Trinajstić information content (AvgIpc) is 2.02. The summed E-state index contributed by atoms with van der Waals surface area (Å²) in [6.07, 6.45) is 3.08. The highest BCUT2D eigenvalue weighted by molar-refractivity contribution is 5.68. The maximum Gasteiger partial charge on any atom is 0.408 e. The lowest BCUT2D eigenvalue weighted by Crippen LogP contribution is -2.49. The van der Waals surface area contributed by atoms with Crippen molar-refractivity contribution in [2.45, 2.75) is 51.8 Å². The molecule has 0 saturated carbocycles. The van der Waals surface area contributed by atoms with Crippen LogP contribution in [0.15, 0.2) is 0 Å². The number of piperidine rings is 1. The van der Waals surface area contributed by atoms with E-state index >= 15 is 0 Å². The number of amides is 1. The van der Waals surface area contributed by atoms with Crippen LogP contribution in [0.5, 0.6) is 0 Å². The van der Waals surface area contributed by atoms with Gasteiger partial charge in [0, 0.05) is 0 Å². The topological polar surface area (TPSA) is 50.4 Å². The minimum atomic E-state index is -0.418. The van der Waals surface area contributed by atoms with Gasteiger partial charge in [0.1, 0.15) is 5.60 Å². The second-order valence-electron chi connectivity index (χ2n) is 4.65. The predicted molar refractivity (Wildman–Crippen MR) is 55.0 cm³/mol. The predicted octanol–water partition coefficient (Wildman–Crippen LogP) is 1.61. The number of alkyl carbamates (subject to hydrolysis) is 1. The molecule has 1 heterocycles. The first-order valence-corrected chi connectivity index (χ1v) is 5.20. The largest absolute Gasteiger partial charge is 0.444 e. The van der Waals surface area contributed by atoms with Crippen molar-refractivity contribution >= 4 is 6.09 Å². The van der Waals surface area contributed by atoms with Crippen LogP contribution < -0.4 is 10.6 Å². The second-order valence-corrected chi connectivity index (χ2v) is 4.65. The summed E-state index contributed by atoms with van der Waals surface area (Å²) in [6, 6.07) is 0. The Kier molecular flexibility index (Phi) is 3.75. The molecule has 0 spiro atoms. The van der Waals surface area contributed by atoms with Crippen LogP contribution >= 0.6 is 0 Å². The van der Waals surface area contributed by atoms with Crippen LogP contribution in [0.25, 0.3) is 0 Å². The fourth-order valence-electron chi connectivity index (χ4n) is 1.42. The van der Waals surface area contributed by atoms with Gasteiger partial charge in [-0.15, -0.1) is 0 Å². The molecule has 2 N–H and O–H groups in total. The van der Waals surface area contributed by atoms with Crippen molar-refractivity contribution < 1.29 is 9.53 Å². The van der Waals surface area contributed by atoms with Crippen molar-refractivity contribution in [3.05, 3.63) is 0 Å². The molecular weight excluding hydrogens is 180 g/mol. The Morgan fingerprint density at radius 2 is 2.14 bits per heavy atom. The number of carbonyl (C=O) groups is 1. The number of nitrogens with one attached hydrogen (secondary N) is 2. The number of rotatable bonds is 1. The Morgan fingerprint density at radius 1 is 1.43 bits per heavy atom. The van der Waals surface area contributed by atoms with Crippen molar-refractivity contribution in [1.82, 2.24) is 10.6 Å². The van der Waals surface area contributed by atoms with Gasteiger partial charge in [-0.25, -0.2) is 4.79 Å². The molecule has 4 heteroatoms. The Balaban J connectivity index is 2.25. The van der Waals surface area contributed by atoms with Crippen LogP contribution in [0.1, 0.15) is 40.0 Å². The Morgan fingerprint density at radius 3 is 2.64 bits per heavy atom. The van der Waals surface area contributed by atoms with E-state index in [9.17, 15) is 4.79 Å². The van der Waals surface area contributed by atoms with E-state index in [0.29, 0.717) is 0 Å². The maximum absolute atomic E-state index is 11.4. The summed E-state index contributed by atoms with van der Waals surface area (Å²) in [5.74, 6) is 0. The molecule has 0 aromatic heterocycles. The Labute approximate surface area is 85.4 Å². The molecule has 14 heavy (non-hydrogen) atoms. The minimum Gasteiger partial charge on any atom is -0.444 e. The van der Waals surface area contributed by atoms with Crippen molar-refractivity contribution in [2.24, 2.45) is 0 Å². The molecule has 1 aliphatic rings. The van der Waals surface area contributed by atoms with Crippen molar-refractivity contribution in [2.75, 3.05) is 6.54 Å². The van der Waals surface area contributed by atoms with Crippen LogP contribution in [-0.2, 0) is 4.74 Å². The molecule has 1 saturated heterocycles. The van der Waals surface area contributed by atoms with Crippen LogP contribution in [0, 0.1) is 0 Å². The Bertz CT molecular complexity index is 193. The van der Waals surface area contributed by atoms with Crippen molar-refractivity contribution in [3.63, 3.8) is 0 Å². The van der Waals surface area contributed by atoms with Gasteiger partial charge in [-0.2, -0.15) is 0 Å². The van der Waals surface area contributed by atoms with Crippen LogP contribution in [-0.4, -0.2) is 24.4 Å². The third-order valence-corrected chi connectivity index (χ3v) is 2.00. The van der Waals surface area contributed by atoms with E-state index in [1.165, 1.54) is 6.42 Å². The van der Waals surface area contributed by atoms with Gasteiger partial charge in [0.2, 0.25) is 0 Å². The molecule has 0 aromatic carbocycles. The van der Waals surface area contributed by atoms with Gasteiger partial charge < -0.3 is 10.1 Å². The lowest BCUT2D eigenvalue weighted by Gasteiger charge is -2.26. The number of ether oxygens (including phenoxy) is 1. The highest BCUT2D eigenvalue weighted by Gasteiger charge is 2.20. The lowest BCUT2D eigenvalue weighted by atomic mass is 10.1. The zero-order valence-corrected chi connectivity index (χ0v) is 9.22. The molecule has 0 radical (unpaired) electrons. The molecule has 1 fully saturated rings. The molecule has 1 atom stereocenters. The summed E-state index contributed by atoms with van der Waals surface area (Å²) in [5, 5.41) is 6.03.